The molecule has 1 atom stereocenters. The van der Waals surface area contributed by atoms with Crippen LogP contribution in [0.25, 0.3) is 0 Å². The third-order valence-electron chi connectivity index (χ3n) is 3.90. The standard InChI is InChI=1S/C21H27NO4/c1-21(2,3)26-20(25)22-19(18-10-8-17(14-24)9-11-18)12-15-4-6-16(13-23)7-5-15/h4-11,19,23-24H,12-14H2,1-3H3,(H,22,25). The van der Waals surface area contributed by atoms with E-state index >= 15 is 0 Å². The van der Waals surface area contributed by atoms with Gasteiger partial charge in [-0.25, -0.2) is 4.79 Å². The van der Waals surface area contributed by atoms with Gasteiger partial charge in [0.05, 0.1) is 19.3 Å². The third-order valence-corrected chi connectivity index (χ3v) is 3.90. The summed E-state index contributed by atoms with van der Waals surface area (Å²) in [7, 11) is 0. The molecule has 0 aliphatic heterocycles. The van der Waals surface area contributed by atoms with Crippen LogP contribution < -0.4 is 5.32 Å². The summed E-state index contributed by atoms with van der Waals surface area (Å²) in [5.41, 5.74) is 3.06. The number of carbonyl (C=O) groups is 1. The molecule has 140 valence electrons. The van der Waals surface area contributed by atoms with E-state index in [1.54, 1.807) is 0 Å². The van der Waals surface area contributed by atoms with Gasteiger partial charge in [0.25, 0.3) is 0 Å². The molecule has 0 aromatic heterocycles. The number of aliphatic hydroxyl groups excluding tert-OH is 2. The van der Waals surface area contributed by atoms with Gasteiger partial charge in [0.2, 0.25) is 0 Å². The molecule has 5 nitrogen and oxygen atoms in total. The maximum Gasteiger partial charge on any atom is 0.408 e. The summed E-state index contributed by atoms with van der Waals surface area (Å²) in [6.45, 7) is 5.46. The lowest BCUT2D eigenvalue weighted by Crippen LogP contribution is -2.35. The Bertz CT molecular complexity index is 702. The predicted molar refractivity (Wildman–Crippen MR) is 101 cm³/mol. The van der Waals surface area contributed by atoms with Crippen LogP contribution in [0.4, 0.5) is 4.79 Å². The molecule has 26 heavy (non-hydrogen) atoms. The van der Waals surface area contributed by atoms with Gasteiger partial charge in [-0.05, 0) is 49.4 Å². The van der Waals surface area contributed by atoms with Crippen LogP contribution in [0.1, 0.15) is 49.1 Å². The van der Waals surface area contributed by atoms with Crippen LogP contribution in [0.5, 0.6) is 0 Å². The van der Waals surface area contributed by atoms with Crippen LogP contribution in [0.3, 0.4) is 0 Å². The monoisotopic (exact) mass is 357 g/mol. The fraction of sp³-hybridized carbons (Fsp3) is 0.381. The first-order valence-corrected chi connectivity index (χ1v) is 8.68. The van der Waals surface area contributed by atoms with Crippen molar-refractivity contribution in [1.29, 1.82) is 0 Å². The van der Waals surface area contributed by atoms with E-state index in [2.05, 4.69) is 5.32 Å². The van der Waals surface area contributed by atoms with Crippen LogP contribution >= 0.6 is 0 Å². The topological polar surface area (TPSA) is 78.8 Å². The van der Waals surface area contributed by atoms with Crippen molar-refractivity contribution in [3.8, 4) is 0 Å². The van der Waals surface area contributed by atoms with Gasteiger partial charge in [0, 0.05) is 0 Å². The highest BCUT2D eigenvalue weighted by Crippen LogP contribution is 2.21. The normalized spacial score (nSPS) is 12.5. The Morgan fingerprint density at radius 1 is 0.923 bits per heavy atom. The highest BCUT2D eigenvalue weighted by molar-refractivity contribution is 5.68. The number of aliphatic hydroxyl groups is 2. The van der Waals surface area contributed by atoms with Crippen molar-refractivity contribution in [1.82, 2.24) is 5.32 Å². The average Bonchev–Trinajstić information content (AvgIpc) is 2.60. The van der Waals surface area contributed by atoms with Crippen molar-refractivity contribution in [2.24, 2.45) is 0 Å². The zero-order chi connectivity index (χ0) is 19.2. The Kier molecular flexibility index (Phi) is 6.77. The fourth-order valence-corrected chi connectivity index (χ4v) is 2.57. The van der Waals surface area contributed by atoms with Crippen LogP contribution in [0.15, 0.2) is 48.5 Å². The lowest BCUT2D eigenvalue weighted by atomic mass is 9.97. The second-order valence-electron chi connectivity index (χ2n) is 7.28. The van der Waals surface area contributed by atoms with Crippen molar-refractivity contribution in [3.63, 3.8) is 0 Å². The number of nitrogens with one attached hydrogen (secondary N) is 1. The lowest BCUT2D eigenvalue weighted by molar-refractivity contribution is 0.0503. The SMILES string of the molecule is CC(C)(C)OC(=O)NC(Cc1ccc(CO)cc1)c1ccc(CO)cc1. The largest absolute Gasteiger partial charge is 0.444 e. The molecule has 0 bridgehead atoms. The second kappa shape index (κ2) is 8.83. The van der Waals surface area contributed by atoms with Crippen LogP contribution in [-0.4, -0.2) is 21.9 Å². The third kappa shape index (κ3) is 6.17. The first-order valence-electron chi connectivity index (χ1n) is 8.68. The number of alkyl carbamates (subject to hydrolysis) is 1. The van der Waals surface area contributed by atoms with Crippen molar-refractivity contribution in [2.75, 3.05) is 0 Å². The summed E-state index contributed by atoms with van der Waals surface area (Å²) >= 11 is 0. The van der Waals surface area contributed by atoms with Gasteiger partial charge in [-0.1, -0.05) is 48.5 Å². The number of amides is 1. The molecule has 0 aliphatic carbocycles. The Morgan fingerprint density at radius 2 is 1.38 bits per heavy atom. The number of hydrogen-bond donors (Lipinski definition) is 3. The highest BCUT2D eigenvalue weighted by atomic mass is 16.6. The lowest BCUT2D eigenvalue weighted by Gasteiger charge is -2.24. The average molecular weight is 357 g/mol. The molecule has 1 unspecified atom stereocenters. The van der Waals surface area contributed by atoms with Gasteiger partial charge in [-0.15, -0.1) is 0 Å². The summed E-state index contributed by atoms with van der Waals surface area (Å²) < 4.78 is 5.39. The van der Waals surface area contributed by atoms with Gasteiger partial charge < -0.3 is 20.3 Å². The molecule has 0 heterocycles. The van der Waals surface area contributed by atoms with Gasteiger partial charge in [-0.3, -0.25) is 0 Å². The zero-order valence-corrected chi connectivity index (χ0v) is 15.5. The zero-order valence-electron chi connectivity index (χ0n) is 15.5. The van der Waals surface area contributed by atoms with Crippen molar-refractivity contribution >= 4 is 6.09 Å². The molecule has 2 aromatic rings. The van der Waals surface area contributed by atoms with Gasteiger partial charge in [0.15, 0.2) is 0 Å². The number of benzene rings is 2. The molecule has 5 heteroatoms. The quantitative estimate of drug-likeness (QED) is 0.739. The molecular weight excluding hydrogens is 330 g/mol. The van der Waals surface area contributed by atoms with Crippen molar-refractivity contribution in [2.45, 2.75) is 52.0 Å². The summed E-state index contributed by atoms with van der Waals surface area (Å²) in [4.78, 5) is 12.2. The maximum atomic E-state index is 12.2. The molecule has 0 spiro atoms. The minimum Gasteiger partial charge on any atom is -0.444 e. The minimum atomic E-state index is -0.571. The number of carbonyl (C=O) groups excluding carboxylic acids is 1. The number of hydrogen-bond acceptors (Lipinski definition) is 4. The van der Waals surface area contributed by atoms with E-state index in [1.807, 2.05) is 69.3 Å². The second-order valence-corrected chi connectivity index (χ2v) is 7.28. The van der Waals surface area contributed by atoms with Gasteiger partial charge in [-0.2, -0.15) is 0 Å². The fourth-order valence-electron chi connectivity index (χ4n) is 2.57. The Morgan fingerprint density at radius 3 is 1.85 bits per heavy atom. The summed E-state index contributed by atoms with van der Waals surface area (Å²) in [6, 6.07) is 14.8. The molecule has 3 N–H and O–H groups in total. The molecule has 2 aromatic carbocycles. The van der Waals surface area contributed by atoms with Gasteiger partial charge >= 0.3 is 6.09 Å². The van der Waals surface area contributed by atoms with E-state index < -0.39 is 11.7 Å². The van der Waals surface area contributed by atoms with Crippen molar-refractivity contribution in [3.05, 3.63) is 70.8 Å². The molecule has 2 rings (SSSR count). The van der Waals surface area contributed by atoms with Crippen LogP contribution in [-0.2, 0) is 24.4 Å². The summed E-state index contributed by atoms with van der Waals surface area (Å²) in [5, 5.41) is 21.3. The Balaban J connectivity index is 2.20. The summed E-state index contributed by atoms with van der Waals surface area (Å²) in [5.74, 6) is 0. The molecule has 0 saturated heterocycles. The predicted octanol–water partition coefficient (Wildman–Crippen LogP) is 3.48. The summed E-state index contributed by atoms with van der Waals surface area (Å²) in [6.07, 6.45) is 0.115. The van der Waals surface area contributed by atoms with Gasteiger partial charge in [0.1, 0.15) is 5.60 Å². The van der Waals surface area contributed by atoms with E-state index in [9.17, 15) is 15.0 Å². The molecule has 1 amide bonds. The smallest absolute Gasteiger partial charge is 0.408 e. The first-order chi connectivity index (χ1) is 12.3. The van der Waals surface area contributed by atoms with Crippen molar-refractivity contribution < 1.29 is 19.7 Å². The minimum absolute atomic E-state index is 0.00247. The van der Waals surface area contributed by atoms with Crippen LogP contribution in [0.2, 0.25) is 0 Å². The molecular formula is C21H27NO4. The van der Waals surface area contributed by atoms with Crippen LogP contribution in [0, 0.1) is 0 Å². The van der Waals surface area contributed by atoms with E-state index in [4.69, 9.17) is 4.74 Å². The Labute approximate surface area is 154 Å². The molecule has 0 aliphatic rings. The first kappa shape index (κ1) is 19.9. The highest BCUT2D eigenvalue weighted by Gasteiger charge is 2.21. The van der Waals surface area contributed by atoms with E-state index in [-0.39, 0.29) is 19.3 Å². The molecule has 0 saturated carbocycles. The van der Waals surface area contributed by atoms with E-state index in [0.717, 1.165) is 22.3 Å². The van der Waals surface area contributed by atoms with E-state index in [0.29, 0.717) is 6.42 Å². The molecule has 0 fully saturated rings. The molecule has 0 radical (unpaired) electrons. The maximum absolute atomic E-state index is 12.2. The Hall–Kier alpha value is -2.37. The van der Waals surface area contributed by atoms with E-state index in [1.165, 1.54) is 0 Å². The number of ether oxygens (including phenoxy) is 1. The number of rotatable bonds is 6.